The van der Waals surface area contributed by atoms with E-state index in [-0.39, 0.29) is 11.7 Å². The molecule has 0 unspecified atom stereocenters. The molecule has 0 spiro atoms. The maximum Gasteiger partial charge on any atom is 0.270 e. The topological polar surface area (TPSA) is 36.1 Å². The van der Waals surface area contributed by atoms with Gasteiger partial charge in [0.15, 0.2) is 0 Å². The van der Waals surface area contributed by atoms with Gasteiger partial charge in [0.05, 0.1) is 0 Å². The van der Waals surface area contributed by atoms with Crippen LogP contribution in [0.1, 0.15) is 29.4 Å². The summed E-state index contributed by atoms with van der Waals surface area (Å²) >= 11 is 0. The second-order valence-electron chi connectivity index (χ2n) is 4.40. The molecule has 0 saturated heterocycles. The van der Waals surface area contributed by atoms with Crippen molar-refractivity contribution in [3.63, 3.8) is 0 Å². The maximum atomic E-state index is 13.7. The number of nitrogens with one attached hydrogen (secondary N) is 1. The lowest BCUT2D eigenvalue weighted by Gasteiger charge is -2.22. The molecule has 2 rings (SSSR count). The van der Waals surface area contributed by atoms with Gasteiger partial charge in [0.1, 0.15) is 11.5 Å². The number of hydrogen-bond acceptors (Lipinski definition) is 1. The van der Waals surface area contributed by atoms with Gasteiger partial charge in [-0.2, -0.15) is 0 Å². The van der Waals surface area contributed by atoms with Crippen LogP contribution in [-0.2, 0) is 6.54 Å². The molecule has 1 heterocycles. The van der Waals surface area contributed by atoms with Crippen LogP contribution in [0.15, 0.2) is 42.6 Å². The van der Waals surface area contributed by atoms with E-state index in [9.17, 15) is 9.18 Å². The second-order valence-corrected chi connectivity index (χ2v) is 4.40. The summed E-state index contributed by atoms with van der Waals surface area (Å²) < 4.78 is 13.7. The minimum atomic E-state index is -0.275. The Balaban J connectivity index is 2.17. The van der Waals surface area contributed by atoms with Crippen LogP contribution in [0.3, 0.4) is 0 Å². The van der Waals surface area contributed by atoms with E-state index in [0.29, 0.717) is 24.3 Å². The van der Waals surface area contributed by atoms with Gasteiger partial charge in [-0.15, -0.1) is 0 Å². The molecule has 0 bridgehead atoms. The summed E-state index contributed by atoms with van der Waals surface area (Å²) in [7, 11) is 0. The van der Waals surface area contributed by atoms with E-state index >= 15 is 0 Å². The molecule has 100 valence electrons. The van der Waals surface area contributed by atoms with Gasteiger partial charge >= 0.3 is 0 Å². The number of carbonyl (C=O) groups excluding carboxylic acids is 1. The van der Waals surface area contributed by atoms with Crippen LogP contribution < -0.4 is 0 Å². The number of H-pyrrole nitrogens is 1. The van der Waals surface area contributed by atoms with Crippen LogP contribution in [-0.4, -0.2) is 22.3 Å². The van der Waals surface area contributed by atoms with Crippen molar-refractivity contribution < 1.29 is 9.18 Å². The summed E-state index contributed by atoms with van der Waals surface area (Å²) in [6.45, 7) is 2.89. The normalized spacial score (nSPS) is 10.4. The number of aromatic nitrogens is 1. The molecule has 1 aromatic heterocycles. The second kappa shape index (κ2) is 6.18. The Morgan fingerprint density at radius 2 is 2.05 bits per heavy atom. The lowest BCUT2D eigenvalue weighted by atomic mass is 10.2. The van der Waals surface area contributed by atoms with Crippen molar-refractivity contribution in [2.45, 2.75) is 19.9 Å². The van der Waals surface area contributed by atoms with Gasteiger partial charge in [0, 0.05) is 24.8 Å². The van der Waals surface area contributed by atoms with Crippen LogP contribution >= 0.6 is 0 Å². The number of benzene rings is 1. The van der Waals surface area contributed by atoms with Gasteiger partial charge in [-0.1, -0.05) is 25.1 Å². The largest absolute Gasteiger partial charge is 0.357 e. The first kappa shape index (κ1) is 13.3. The van der Waals surface area contributed by atoms with Gasteiger partial charge in [0.2, 0.25) is 0 Å². The third kappa shape index (κ3) is 3.22. The summed E-state index contributed by atoms with van der Waals surface area (Å²) in [4.78, 5) is 16.8. The minimum Gasteiger partial charge on any atom is -0.357 e. The molecule has 0 aliphatic heterocycles. The summed E-state index contributed by atoms with van der Waals surface area (Å²) in [6, 6.07) is 10.1. The SMILES string of the molecule is CCCN(Cc1ccccc1F)C(=O)c1ccc[nH]1. The number of nitrogens with zero attached hydrogens (tertiary/aromatic N) is 1. The van der Waals surface area contributed by atoms with Crippen molar-refractivity contribution in [1.29, 1.82) is 0 Å². The third-order valence-electron chi connectivity index (χ3n) is 2.93. The molecule has 3 nitrogen and oxygen atoms in total. The van der Waals surface area contributed by atoms with Crippen molar-refractivity contribution in [3.8, 4) is 0 Å². The Hall–Kier alpha value is -2.10. The molecule has 0 aliphatic rings. The first-order chi connectivity index (χ1) is 9.22. The molecule has 1 N–H and O–H groups in total. The average molecular weight is 260 g/mol. The molecule has 1 aromatic carbocycles. The Morgan fingerprint density at radius 1 is 1.26 bits per heavy atom. The fraction of sp³-hybridized carbons (Fsp3) is 0.267. The van der Waals surface area contributed by atoms with Gasteiger partial charge in [0.25, 0.3) is 5.91 Å². The Morgan fingerprint density at radius 3 is 2.68 bits per heavy atom. The monoisotopic (exact) mass is 260 g/mol. The predicted molar refractivity (Wildman–Crippen MR) is 72.2 cm³/mol. The van der Waals surface area contributed by atoms with Crippen LogP contribution in [0.2, 0.25) is 0 Å². The highest BCUT2D eigenvalue weighted by Gasteiger charge is 2.17. The number of amides is 1. The molecule has 0 saturated carbocycles. The summed E-state index contributed by atoms with van der Waals surface area (Å²) in [6.07, 6.45) is 2.54. The minimum absolute atomic E-state index is 0.102. The quantitative estimate of drug-likeness (QED) is 0.880. The van der Waals surface area contributed by atoms with Crippen LogP contribution in [0.5, 0.6) is 0 Å². The number of aromatic amines is 1. The molecule has 0 radical (unpaired) electrons. The van der Waals surface area contributed by atoms with Crippen molar-refractivity contribution >= 4 is 5.91 Å². The van der Waals surface area contributed by atoms with Crippen molar-refractivity contribution in [2.24, 2.45) is 0 Å². The van der Waals surface area contributed by atoms with E-state index in [1.165, 1.54) is 6.07 Å². The fourth-order valence-electron chi connectivity index (χ4n) is 1.99. The van der Waals surface area contributed by atoms with Crippen LogP contribution in [0.25, 0.3) is 0 Å². The Bertz CT molecular complexity index is 537. The van der Waals surface area contributed by atoms with E-state index in [1.54, 1.807) is 41.4 Å². The highest BCUT2D eigenvalue weighted by Crippen LogP contribution is 2.12. The number of carbonyl (C=O) groups is 1. The fourth-order valence-corrected chi connectivity index (χ4v) is 1.99. The van der Waals surface area contributed by atoms with Gasteiger partial charge < -0.3 is 9.88 Å². The molecule has 0 fully saturated rings. The van der Waals surface area contributed by atoms with Crippen LogP contribution in [0.4, 0.5) is 4.39 Å². The molecular weight excluding hydrogens is 243 g/mol. The molecule has 19 heavy (non-hydrogen) atoms. The van der Waals surface area contributed by atoms with Gasteiger partial charge in [-0.25, -0.2) is 4.39 Å². The van der Waals surface area contributed by atoms with E-state index in [0.717, 1.165) is 6.42 Å². The van der Waals surface area contributed by atoms with E-state index in [2.05, 4.69) is 4.98 Å². The van der Waals surface area contributed by atoms with Crippen LogP contribution in [0, 0.1) is 5.82 Å². The number of halogens is 1. The third-order valence-corrected chi connectivity index (χ3v) is 2.93. The molecular formula is C15H17FN2O. The Labute approximate surface area is 112 Å². The standard InChI is InChI=1S/C15H17FN2O/c1-2-10-18(15(19)14-8-5-9-17-14)11-12-6-3-4-7-13(12)16/h3-9,17H,2,10-11H2,1H3. The lowest BCUT2D eigenvalue weighted by molar-refractivity contribution is 0.0736. The smallest absolute Gasteiger partial charge is 0.270 e. The zero-order valence-corrected chi connectivity index (χ0v) is 10.9. The average Bonchev–Trinajstić information content (AvgIpc) is 2.94. The highest BCUT2D eigenvalue weighted by molar-refractivity contribution is 5.92. The van der Waals surface area contributed by atoms with E-state index < -0.39 is 0 Å². The highest BCUT2D eigenvalue weighted by atomic mass is 19.1. The number of rotatable bonds is 5. The van der Waals surface area contributed by atoms with Crippen molar-refractivity contribution in [3.05, 3.63) is 59.7 Å². The van der Waals surface area contributed by atoms with Gasteiger partial charge in [-0.05, 0) is 24.6 Å². The lowest BCUT2D eigenvalue weighted by Crippen LogP contribution is -2.31. The zero-order chi connectivity index (χ0) is 13.7. The van der Waals surface area contributed by atoms with Crippen molar-refractivity contribution in [2.75, 3.05) is 6.54 Å². The van der Waals surface area contributed by atoms with E-state index in [4.69, 9.17) is 0 Å². The summed E-state index contributed by atoms with van der Waals surface area (Å²) in [5.74, 6) is -0.377. The van der Waals surface area contributed by atoms with E-state index in [1.807, 2.05) is 6.92 Å². The maximum absolute atomic E-state index is 13.7. The zero-order valence-electron chi connectivity index (χ0n) is 10.9. The molecule has 0 aliphatic carbocycles. The molecule has 1 amide bonds. The molecule has 0 atom stereocenters. The van der Waals surface area contributed by atoms with Gasteiger partial charge in [-0.3, -0.25) is 4.79 Å². The first-order valence-electron chi connectivity index (χ1n) is 6.38. The first-order valence-corrected chi connectivity index (χ1v) is 6.38. The molecule has 4 heteroatoms. The summed E-state index contributed by atoms with van der Waals surface area (Å²) in [5, 5.41) is 0. The van der Waals surface area contributed by atoms with Crippen molar-refractivity contribution in [1.82, 2.24) is 9.88 Å². The molecule has 2 aromatic rings. The summed E-state index contributed by atoms with van der Waals surface area (Å²) in [5.41, 5.74) is 1.07. The predicted octanol–water partition coefficient (Wildman–Crippen LogP) is 3.21. The Kier molecular flexibility index (Phi) is 4.34. The number of hydrogen-bond donors (Lipinski definition) is 1.